The number of ether oxygens (including phenoxy) is 3. The summed E-state index contributed by atoms with van der Waals surface area (Å²) >= 11 is 5.44. The van der Waals surface area contributed by atoms with Crippen LogP contribution in [0.4, 0.5) is 21.4 Å². The van der Waals surface area contributed by atoms with Gasteiger partial charge in [0.25, 0.3) is 5.91 Å². The van der Waals surface area contributed by atoms with Gasteiger partial charge in [-0.15, -0.1) is 21.4 Å². The number of hydrogen-bond donors (Lipinski definition) is 3. The summed E-state index contributed by atoms with van der Waals surface area (Å²) in [6, 6.07) is 2.52. The van der Waals surface area contributed by atoms with Gasteiger partial charge in [-0.2, -0.15) is 15.0 Å². The predicted molar refractivity (Wildman–Crippen MR) is 191 cm³/mol. The van der Waals surface area contributed by atoms with Crippen LogP contribution < -0.4 is 31.2 Å². The fourth-order valence-corrected chi connectivity index (χ4v) is 5.88. The van der Waals surface area contributed by atoms with Gasteiger partial charge in [-0.25, -0.2) is 14.6 Å². The van der Waals surface area contributed by atoms with Gasteiger partial charge in [0.1, 0.15) is 11.9 Å². The Balaban J connectivity index is 0.000000255. The third kappa shape index (κ3) is 11.6. The van der Waals surface area contributed by atoms with E-state index in [1.165, 1.54) is 6.42 Å². The molecule has 1 atom stereocenters. The highest BCUT2D eigenvalue weighted by molar-refractivity contribution is 6.18. The van der Waals surface area contributed by atoms with E-state index in [0.29, 0.717) is 72.0 Å². The van der Waals surface area contributed by atoms with E-state index < -0.39 is 12.1 Å². The monoisotopic (exact) mass is 737 g/mol. The summed E-state index contributed by atoms with van der Waals surface area (Å²) in [6.45, 7) is 5.19. The van der Waals surface area contributed by atoms with Crippen LogP contribution in [-0.4, -0.2) is 121 Å². The molecular weight excluding hydrogens is 690 g/mol. The van der Waals surface area contributed by atoms with Crippen molar-refractivity contribution in [2.75, 3.05) is 76.6 Å². The van der Waals surface area contributed by atoms with Crippen molar-refractivity contribution in [2.45, 2.75) is 64.0 Å². The molecule has 0 bridgehead atoms. The first-order chi connectivity index (χ1) is 24.6. The predicted octanol–water partition coefficient (Wildman–Crippen LogP) is 3.38. The Morgan fingerprint density at radius 3 is 2.14 bits per heavy atom. The maximum Gasteiger partial charge on any atom is 0.340 e. The molecule has 2 aliphatic heterocycles. The second kappa shape index (κ2) is 20.8. The third-order valence-corrected chi connectivity index (χ3v) is 8.68. The van der Waals surface area contributed by atoms with Gasteiger partial charge in [-0.3, -0.25) is 4.79 Å². The molecule has 0 radical (unpaired) electrons. The van der Waals surface area contributed by atoms with E-state index in [-0.39, 0.29) is 37.0 Å². The molecule has 282 valence electrons. The van der Waals surface area contributed by atoms with Gasteiger partial charge in [-0.05, 0) is 38.7 Å². The van der Waals surface area contributed by atoms with Crippen LogP contribution in [0, 0.1) is 9.81 Å². The van der Waals surface area contributed by atoms with Crippen LogP contribution in [0.5, 0.6) is 11.5 Å². The van der Waals surface area contributed by atoms with Gasteiger partial charge < -0.3 is 40.8 Å². The number of benzene rings is 1. The minimum Gasteiger partial charge on any atom is -0.493 e. The molecule has 5 amide bonds. The summed E-state index contributed by atoms with van der Waals surface area (Å²) in [6.07, 6.45) is 6.96. The van der Waals surface area contributed by atoms with Crippen LogP contribution in [0.25, 0.3) is 10.9 Å². The number of rotatable bonds is 10. The highest BCUT2D eigenvalue weighted by atomic mass is 35.5. The lowest BCUT2D eigenvalue weighted by Gasteiger charge is -2.35. The molecule has 20 heteroatoms. The number of nitrogens with two attached hydrogens (primary N) is 2. The van der Waals surface area contributed by atoms with Gasteiger partial charge in [0.2, 0.25) is 5.95 Å². The van der Waals surface area contributed by atoms with E-state index in [2.05, 4.69) is 31.6 Å². The maximum atomic E-state index is 12.5. The first kappa shape index (κ1) is 40.6. The number of nitrogens with zero attached hydrogens (tertiary/aromatic N) is 8. The van der Waals surface area contributed by atoms with Crippen molar-refractivity contribution in [2.24, 2.45) is 16.3 Å². The average Bonchev–Trinajstić information content (AvgIpc) is 3.70. The largest absolute Gasteiger partial charge is 0.493 e. The summed E-state index contributed by atoms with van der Waals surface area (Å²) in [5.41, 5.74) is 11.5. The lowest BCUT2D eigenvalue weighted by atomic mass is 9.96. The number of anilines is 2. The number of nitrogen functional groups attached to an aromatic ring is 1. The summed E-state index contributed by atoms with van der Waals surface area (Å²) in [5.74, 6) is 2.42. The number of alkyl halides is 1. The summed E-state index contributed by atoms with van der Waals surface area (Å²) < 4.78 is 16.2. The smallest absolute Gasteiger partial charge is 0.340 e. The SMILES string of the molecule is CCN(N=O)C(N)=O.COc1cc2nc(N3CCN(C(=O)C4CCCO4)CC3)nc(N)c2cc1OC.O=NN(CCCl)C(=O)NC1CCCCC1. The summed E-state index contributed by atoms with van der Waals surface area (Å²) in [4.78, 5) is 67.0. The number of fused-ring (bicyclic) bond motifs is 1. The molecule has 3 heterocycles. The molecule has 0 spiro atoms. The molecule has 19 nitrogen and oxygen atoms in total. The van der Waals surface area contributed by atoms with Crippen molar-refractivity contribution in [3.63, 3.8) is 0 Å². The lowest BCUT2D eigenvalue weighted by Crippen LogP contribution is -2.51. The molecule has 1 unspecified atom stereocenters. The molecule has 1 aliphatic carbocycles. The fourth-order valence-electron chi connectivity index (χ4n) is 5.72. The number of carbonyl (C=O) groups excluding carboxylic acids is 3. The van der Waals surface area contributed by atoms with Crippen molar-refractivity contribution < 1.29 is 28.6 Å². The number of amides is 5. The Bertz CT molecular complexity index is 1470. The molecule has 2 aromatic rings. The fraction of sp³-hybridized carbons (Fsp3) is 0.645. The first-order valence-corrected chi connectivity index (χ1v) is 17.4. The van der Waals surface area contributed by atoms with E-state index in [4.69, 9.17) is 31.5 Å². The number of aromatic nitrogens is 2. The van der Waals surface area contributed by atoms with Crippen LogP contribution in [0.2, 0.25) is 0 Å². The number of carbonyl (C=O) groups is 3. The van der Waals surface area contributed by atoms with Crippen LogP contribution >= 0.6 is 11.6 Å². The number of urea groups is 2. The van der Waals surface area contributed by atoms with Crippen LogP contribution in [-0.2, 0) is 9.53 Å². The second-order valence-corrected chi connectivity index (χ2v) is 12.1. The topological polar surface area (TPSA) is 241 Å². The number of nitrogens with one attached hydrogen (secondary N) is 1. The average molecular weight is 738 g/mol. The zero-order valence-corrected chi connectivity index (χ0v) is 30.0. The first-order valence-electron chi connectivity index (χ1n) is 16.8. The molecule has 1 aromatic heterocycles. The quantitative estimate of drug-likeness (QED) is 0.181. The van der Waals surface area contributed by atoms with Crippen molar-refractivity contribution in [1.29, 1.82) is 0 Å². The zero-order chi connectivity index (χ0) is 37.3. The van der Waals surface area contributed by atoms with Gasteiger partial charge in [-0.1, -0.05) is 19.3 Å². The summed E-state index contributed by atoms with van der Waals surface area (Å²) in [7, 11) is 3.16. The Hall–Kier alpha value is -4.78. The van der Waals surface area contributed by atoms with E-state index >= 15 is 0 Å². The van der Waals surface area contributed by atoms with Gasteiger partial charge >= 0.3 is 12.1 Å². The lowest BCUT2D eigenvalue weighted by molar-refractivity contribution is -0.141. The molecule has 5 N–H and O–H groups in total. The molecule has 2 saturated heterocycles. The molecule has 5 rings (SSSR count). The van der Waals surface area contributed by atoms with Crippen LogP contribution in [0.15, 0.2) is 22.7 Å². The maximum absolute atomic E-state index is 12.5. The number of nitroso groups, excluding NO2 is 2. The molecule has 1 saturated carbocycles. The number of methoxy groups -OCH3 is 2. The Kier molecular flexibility index (Phi) is 16.6. The Morgan fingerprint density at radius 1 is 0.980 bits per heavy atom. The minimum atomic E-state index is -0.817. The number of primary amides is 1. The van der Waals surface area contributed by atoms with E-state index in [9.17, 15) is 24.2 Å². The zero-order valence-electron chi connectivity index (χ0n) is 29.3. The van der Waals surface area contributed by atoms with Crippen molar-refractivity contribution >= 4 is 52.2 Å². The number of hydrogen-bond acceptors (Lipinski definition) is 14. The number of piperazine rings is 1. The van der Waals surface area contributed by atoms with E-state index in [1.807, 2.05) is 9.80 Å². The van der Waals surface area contributed by atoms with Gasteiger partial charge in [0.05, 0.1) is 36.9 Å². The van der Waals surface area contributed by atoms with Crippen molar-refractivity contribution in [3.8, 4) is 11.5 Å². The molecule has 3 aliphatic rings. The van der Waals surface area contributed by atoms with Crippen LogP contribution in [0.1, 0.15) is 51.9 Å². The Morgan fingerprint density at radius 2 is 1.63 bits per heavy atom. The third-order valence-electron chi connectivity index (χ3n) is 8.51. The van der Waals surface area contributed by atoms with E-state index in [0.717, 1.165) is 43.5 Å². The summed E-state index contributed by atoms with van der Waals surface area (Å²) in [5, 5.41) is 9.91. The second-order valence-electron chi connectivity index (χ2n) is 11.8. The molecule has 1 aromatic carbocycles. The highest BCUT2D eigenvalue weighted by Gasteiger charge is 2.31. The van der Waals surface area contributed by atoms with Crippen molar-refractivity contribution in [1.82, 2.24) is 30.2 Å². The molecule has 3 fully saturated rings. The van der Waals surface area contributed by atoms with Crippen LogP contribution in [0.3, 0.4) is 0 Å². The molecule has 51 heavy (non-hydrogen) atoms. The minimum absolute atomic E-state index is 0.0907. The molecular formula is C31H48ClN11O8. The van der Waals surface area contributed by atoms with Gasteiger partial charge in [0.15, 0.2) is 11.5 Å². The van der Waals surface area contributed by atoms with Crippen molar-refractivity contribution in [3.05, 3.63) is 21.9 Å². The van der Waals surface area contributed by atoms with E-state index in [1.54, 1.807) is 33.3 Å². The Labute approximate surface area is 301 Å². The van der Waals surface area contributed by atoms with Gasteiger partial charge in [0, 0.05) is 62.7 Å². The normalized spacial score (nSPS) is 17.2. The number of halogens is 1. The standard InChI is InChI=1S/C19H25N5O4.C9H16ClN3O2.C3H7N3O2/c1-26-15-10-12-13(11-16(15)27-2)21-19(22-17(12)20)24-7-5-23(6-8-24)18(25)14-4-3-9-28-14;10-6-7-13(12-15)9(14)11-8-4-2-1-3-5-8;1-2-6(5-8)3(4)7/h10-11,14H,3-9H2,1-2H3,(H2,20,21,22);8H,1-7H2,(H,11,14);2H2,1H3,(H2,4,7). The highest BCUT2D eigenvalue weighted by Crippen LogP contribution is 2.34.